The summed E-state index contributed by atoms with van der Waals surface area (Å²) in [6.07, 6.45) is 1.91. The molecule has 0 aromatic heterocycles. The predicted octanol–water partition coefficient (Wildman–Crippen LogP) is 2.91. The Morgan fingerprint density at radius 2 is 1.69 bits per heavy atom. The molecule has 2 aromatic carbocycles. The Hall–Kier alpha value is -2.61. The molecule has 1 unspecified atom stereocenters. The van der Waals surface area contributed by atoms with Crippen LogP contribution in [0.5, 0.6) is 5.75 Å². The second-order valence-electron chi connectivity index (χ2n) is 8.50. The molecule has 32 heavy (non-hydrogen) atoms. The van der Waals surface area contributed by atoms with E-state index >= 15 is 0 Å². The van der Waals surface area contributed by atoms with Crippen molar-refractivity contribution in [3.8, 4) is 5.75 Å². The van der Waals surface area contributed by atoms with Gasteiger partial charge in [-0.05, 0) is 36.9 Å². The van der Waals surface area contributed by atoms with Gasteiger partial charge in [0.05, 0.1) is 5.56 Å². The van der Waals surface area contributed by atoms with Crippen LogP contribution in [0, 0.1) is 0 Å². The van der Waals surface area contributed by atoms with Gasteiger partial charge in [-0.1, -0.05) is 30.3 Å². The summed E-state index contributed by atoms with van der Waals surface area (Å²) in [6.45, 7) is -0.115. The fourth-order valence-electron chi connectivity index (χ4n) is 4.87. The molecule has 0 amide bonds. The zero-order valence-electron chi connectivity index (χ0n) is 17.6. The predicted molar refractivity (Wildman–Crippen MR) is 118 cm³/mol. The summed E-state index contributed by atoms with van der Waals surface area (Å²) in [7, 11) is 2.11. The largest absolute Gasteiger partial charge is 0.508 e. The van der Waals surface area contributed by atoms with Gasteiger partial charge < -0.3 is 19.3 Å². The fourth-order valence-corrected chi connectivity index (χ4v) is 4.87. The molecule has 170 valence electrons. The second kappa shape index (κ2) is 9.10. The van der Waals surface area contributed by atoms with E-state index in [0.29, 0.717) is 17.6 Å². The van der Waals surface area contributed by atoms with Gasteiger partial charge in [0, 0.05) is 24.9 Å². The molecule has 0 saturated carbocycles. The molecule has 0 aliphatic carbocycles. The lowest BCUT2D eigenvalue weighted by Crippen LogP contribution is -2.48. The third-order valence-electron chi connectivity index (χ3n) is 6.63. The van der Waals surface area contributed by atoms with Crippen molar-refractivity contribution in [3.63, 3.8) is 0 Å². The molecular weight excluding hydrogens is 434 g/mol. The third kappa shape index (κ3) is 4.33. The van der Waals surface area contributed by atoms with Gasteiger partial charge in [0.2, 0.25) is 0 Å². The van der Waals surface area contributed by atoms with Gasteiger partial charge in [-0.2, -0.15) is 0 Å². The maximum absolute atomic E-state index is 13.1. The molecule has 3 heterocycles. The zero-order chi connectivity index (χ0) is 21.5. The zero-order valence-corrected chi connectivity index (χ0v) is 18.4. The number of aromatic hydroxyl groups is 1. The summed E-state index contributed by atoms with van der Waals surface area (Å²) in [6, 6.07) is 15.6. The van der Waals surface area contributed by atoms with Crippen LogP contribution in [0.2, 0.25) is 0 Å². The number of esters is 2. The van der Waals surface area contributed by atoms with E-state index in [4.69, 9.17) is 14.2 Å². The highest BCUT2D eigenvalue weighted by atomic mass is 35.5. The Bertz CT molecular complexity index is 950. The first-order valence-corrected chi connectivity index (χ1v) is 10.6. The van der Waals surface area contributed by atoms with Gasteiger partial charge in [-0.25, -0.2) is 4.79 Å². The third-order valence-corrected chi connectivity index (χ3v) is 6.63. The second-order valence-corrected chi connectivity index (χ2v) is 8.50. The van der Waals surface area contributed by atoms with Crippen LogP contribution in [0.3, 0.4) is 0 Å². The van der Waals surface area contributed by atoms with Gasteiger partial charge in [0.15, 0.2) is 0 Å². The van der Waals surface area contributed by atoms with E-state index in [0.717, 1.165) is 18.4 Å². The summed E-state index contributed by atoms with van der Waals surface area (Å²) in [5, 5.41) is 9.39. The Morgan fingerprint density at radius 3 is 2.31 bits per heavy atom. The molecule has 1 N–H and O–H groups in total. The number of hydrogen-bond acceptors (Lipinski definition) is 7. The normalized spacial score (nSPS) is 28.7. The summed E-state index contributed by atoms with van der Waals surface area (Å²) in [5.74, 6) is -1.57. The first-order valence-electron chi connectivity index (χ1n) is 10.6. The van der Waals surface area contributed by atoms with Gasteiger partial charge in [-0.15, -0.1) is 12.4 Å². The summed E-state index contributed by atoms with van der Waals surface area (Å²) < 4.78 is 17.1. The van der Waals surface area contributed by atoms with E-state index < -0.39 is 11.9 Å². The molecule has 0 radical (unpaired) electrons. The number of rotatable bonds is 6. The Morgan fingerprint density at radius 1 is 1.06 bits per heavy atom. The van der Waals surface area contributed by atoms with E-state index in [-0.39, 0.29) is 49.0 Å². The lowest BCUT2D eigenvalue weighted by Gasteiger charge is -2.38. The number of benzene rings is 2. The molecular formula is C24H26ClNO6. The van der Waals surface area contributed by atoms with Crippen LogP contribution in [0.25, 0.3) is 0 Å². The molecule has 3 aliphatic heterocycles. The standard InChI is InChI=1S/C24H25NO6.ClH/c1-25-19-11-17(12-20(25)22-21(19)31-22)30-24(28)18(14-5-3-2-4-6-14)13-29-23(27)15-7-9-16(26)10-8-15;/h2-10,17-22,26H,11-13H2,1H3;1H/t17?,18-,19-,20+,21-,22+;/m1./s1. The molecule has 0 spiro atoms. The molecule has 5 rings (SSSR count). The molecule has 8 heteroatoms. The highest BCUT2D eigenvalue weighted by Crippen LogP contribution is 2.48. The number of fused-ring (bicyclic) bond motifs is 5. The topological polar surface area (TPSA) is 88.6 Å². The first kappa shape index (κ1) is 22.6. The Balaban J connectivity index is 0.00000245. The summed E-state index contributed by atoms with van der Waals surface area (Å²) >= 11 is 0. The van der Waals surface area contributed by atoms with E-state index in [9.17, 15) is 14.7 Å². The van der Waals surface area contributed by atoms with Crippen molar-refractivity contribution >= 4 is 24.3 Å². The summed E-state index contributed by atoms with van der Waals surface area (Å²) in [4.78, 5) is 27.9. The van der Waals surface area contributed by atoms with E-state index in [1.165, 1.54) is 24.3 Å². The van der Waals surface area contributed by atoms with Crippen molar-refractivity contribution in [1.29, 1.82) is 0 Å². The maximum Gasteiger partial charge on any atom is 0.338 e. The number of piperidine rings is 1. The fraction of sp³-hybridized carbons (Fsp3) is 0.417. The number of morpholine rings is 1. The molecule has 6 atom stereocenters. The lowest BCUT2D eigenvalue weighted by atomic mass is 9.97. The van der Waals surface area contributed by atoms with E-state index in [1.807, 2.05) is 30.3 Å². The van der Waals surface area contributed by atoms with Crippen LogP contribution in [0.4, 0.5) is 0 Å². The highest BCUT2D eigenvalue weighted by Gasteiger charge is 2.62. The number of nitrogens with zero attached hydrogens (tertiary/aromatic N) is 1. The van der Waals surface area contributed by atoms with Crippen molar-refractivity contribution in [2.75, 3.05) is 13.7 Å². The van der Waals surface area contributed by atoms with Crippen molar-refractivity contribution in [3.05, 3.63) is 65.7 Å². The monoisotopic (exact) mass is 459 g/mol. The number of halogens is 1. The first-order chi connectivity index (χ1) is 15.0. The van der Waals surface area contributed by atoms with Crippen LogP contribution in [0.15, 0.2) is 54.6 Å². The Kier molecular flexibility index (Phi) is 6.42. The highest BCUT2D eigenvalue weighted by molar-refractivity contribution is 5.90. The average Bonchev–Trinajstić information content (AvgIpc) is 3.53. The van der Waals surface area contributed by atoms with Crippen LogP contribution >= 0.6 is 12.4 Å². The molecule has 3 fully saturated rings. The maximum atomic E-state index is 13.1. The number of carbonyl (C=O) groups is 2. The molecule has 3 aliphatic rings. The van der Waals surface area contributed by atoms with Crippen molar-refractivity contribution < 1.29 is 28.9 Å². The summed E-state index contributed by atoms with van der Waals surface area (Å²) in [5.41, 5.74) is 1.05. The average molecular weight is 460 g/mol. The van der Waals surface area contributed by atoms with Crippen LogP contribution < -0.4 is 0 Å². The lowest BCUT2D eigenvalue weighted by molar-refractivity contribution is -0.156. The van der Waals surface area contributed by atoms with Gasteiger partial charge in [-0.3, -0.25) is 9.69 Å². The number of likely N-dealkylation sites (N-methyl/N-ethyl adjacent to an activating group) is 1. The minimum atomic E-state index is -0.703. The minimum absolute atomic E-state index is 0. The number of epoxide rings is 1. The number of phenols is 1. The van der Waals surface area contributed by atoms with Crippen LogP contribution in [-0.4, -0.2) is 66.0 Å². The molecule has 7 nitrogen and oxygen atoms in total. The van der Waals surface area contributed by atoms with Crippen LogP contribution in [0.1, 0.15) is 34.7 Å². The van der Waals surface area contributed by atoms with E-state index in [2.05, 4.69) is 11.9 Å². The Labute approximate surface area is 192 Å². The van der Waals surface area contributed by atoms with Gasteiger partial charge >= 0.3 is 11.9 Å². The smallest absolute Gasteiger partial charge is 0.338 e. The van der Waals surface area contributed by atoms with Gasteiger partial charge in [0.1, 0.15) is 36.6 Å². The SMILES string of the molecule is CN1[C@@H]2CC(OC(=O)[C@H](COC(=O)c3ccc(O)cc3)c3ccccc3)C[C@H]1[C@@H]1O[C@@H]12.Cl. The minimum Gasteiger partial charge on any atom is -0.508 e. The quantitative estimate of drug-likeness (QED) is 0.524. The number of hydrogen-bond donors (Lipinski definition) is 1. The number of phenolic OH excluding ortho intramolecular Hbond substituents is 1. The van der Waals surface area contributed by atoms with Crippen molar-refractivity contribution in [2.24, 2.45) is 0 Å². The molecule has 2 bridgehead atoms. The van der Waals surface area contributed by atoms with Crippen LogP contribution in [-0.2, 0) is 19.0 Å². The molecule has 2 aromatic rings. The number of ether oxygens (including phenoxy) is 3. The molecule has 3 saturated heterocycles. The van der Waals surface area contributed by atoms with Crippen molar-refractivity contribution in [2.45, 2.75) is 49.2 Å². The number of carbonyl (C=O) groups excluding carboxylic acids is 2. The van der Waals surface area contributed by atoms with E-state index in [1.54, 1.807) is 0 Å². The van der Waals surface area contributed by atoms with Crippen molar-refractivity contribution in [1.82, 2.24) is 4.90 Å². The van der Waals surface area contributed by atoms with Gasteiger partial charge in [0.25, 0.3) is 0 Å².